The summed E-state index contributed by atoms with van der Waals surface area (Å²) in [6.07, 6.45) is 0. The highest BCUT2D eigenvalue weighted by atomic mass is 79.9. The summed E-state index contributed by atoms with van der Waals surface area (Å²) in [5.41, 5.74) is 1.96. The summed E-state index contributed by atoms with van der Waals surface area (Å²) < 4.78 is 0.996. The van der Waals surface area contributed by atoms with Gasteiger partial charge in [-0.05, 0) is 49.4 Å². The lowest BCUT2D eigenvalue weighted by Gasteiger charge is -2.38. The number of hydrogen-bond donors (Lipinski definition) is 1. The van der Waals surface area contributed by atoms with Crippen molar-refractivity contribution in [2.45, 2.75) is 13.0 Å². The molecule has 0 unspecified atom stereocenters. The van der Waals surface area contributed by atoms with Gasteiger partial charge in [-0.2, -0.15) is 0 Å². The van der Waals surface area contributed by atoms with Gasteiger partial charge in [0.2, 0.25) is 5.91 Å². The van der Waals surface area contributed by atoms with Crippen LogP contribution in [0.3, 0.4) is 0 Å². The number of anilines is 2. The molecule has 4 nitrogen and oxygen atoms in total. The van der Waals surface area contributed by atoms with Gasteiger partial charge >= 0.3 is 0 Å². The topological polar surface area (TPSA) is 35.6 Å². The molecule has 1 fully saturated rings. The highest BCUT2D eigenvalue weighted by Crippen LogP contribution is 2.21. The molecule has 1 aliphatic heterocycles. The lowest BCUT2D eigenvalue weighted by Crippen LogP contribution is -2.52. The van der Waals surface area contributed by atoms with Gasteiger partial charge < -0.3 is 10.2 Å². The molecule has 0 radical (unpaired) electrons. The molecule has 1 N–H and O–H groups in total. The van der Waals surface area contributed by atoms with Crippen LogP contribution in [0.1, 0.15) is 6.92 Å². The quantitative estimate of drug-likeness (QED) is 0.800. The molecule has 1 atom stereocenters. The normalized spacial score (nSPS) is 16.5. The summed E-state index contributed by atoms with van der Waals surface area (Å²) in [4.78, 5) is 17.0. The fourth-order valence-corrected chi connectivity index (χ4v) is 3.43. The van der Waals surface area contributed by atoms with Crippen molar-refractivity contribution in [3.63, 3.8) is 0 Å². The molecule has 1 aliphatic rings. The summed E-state index contributed by atoms with van der Waals surface area (Å²) >= 11 is 9.48. The maximum atomic E-state index is 12.5. The van der Waals surface area contributed by atoms with Crippen LogP contribution in [0, 0.1) is 0 Å². The van der Waals surface area contributed by atoms with Crippen molar-refractivity contribution in [3.05, 3.63) is 58.0 Å². The second-order valence-electron chi connectivity index (χ2n) is 6.18. The summed E-state index contributed by atoms with van der Waals surface area (Å²) in [5, 5.41) is 3.74. The Morgan fingerprint density at radius 3 is 2.44 bits per heavy atom. The minimum Gasteiger partial charge on any atom is -0.369 e. The van der Waals surface area contributed by atoms with Crippen LogP contribution in [0.15, 0.2) is 53.0 Å². The van der Waals surface area contributed by atoms with Gasteiger partial charge in [0.05, 0.1) is 6.04 Å². The minimum atomic E-state index is -0.162. The molecule has 1 amide bonds. The zero-order valence-electron chi connectivity index (χ0n) is 14.1. The Hall–Kier alpha value is -1.56. The third kappa shape index (κ3) is 4.75. The molecule has 0 saturated carbocycles. The van der Waals surface area contributed by atoms with Crippen molar-refractivity contribution < 1.29 is 4.79 Å². The van der Waals surface area contributed by atoms with Crippen molar-refractivity contribution in [2.75, 3.05) is 36.4 Å². The Kier molecular flexibility index (Phi) is 5.99. The Morgan fingerprint density at radius 1 is 1.12 bits per heavy atom. The van der Waals surface area contributed by atoms with Gasteiger partial charge in [0.15, 0.2) is 0 Å². The van der Waals surface area contributed by atoms with Crippen molar-refractivity contribution in [2.24, 2.45) is 0 Å². The van der Waals surface area contributed by atoms with Gasteiger partial charge in [-0.1, -0.05) is 33.6 Å². The van der Waals surface area contributed by atoms with Gasteiger partial charge in [-0.3, -0.25) is 9.69 Å². The Labute approximate surface area is 161 Å². The predicted molar refractivity (Wildman–Crippen MR) is 107 cm³/mol. The molecule has 25 heavy (non-hydrogen) atoms. The Morgan fingerprint density at radius 2 is 1.80 bits per heavy atom. The first kappa shape index (κ1) is 18.2. The highest BCUT2D eigenvalue weighted by molar-refractivity contribution is 9.10. The third-order valence-electron chi connectivity index (χ3n) is 4.53. The lowest BCUT2D eigenvalue weighted by molar-refractivity contribution is -0.120. The SMILES string of the molecule is C[C@H](C(=O)Nc1ccc(Br)cc1)N1CCN(c2cccc(Cl)c2)CC1. The molecule has 0 spiro atoms. The molecular weight excluding hydrogens is 402 g/mol. The number of rotatable bonds is 4. The first-order chi connectivity index (χ1) is 12.0. The third-order valence-corrected chi connectivity index (χ3v) is 5.29. The summed E-state index contributed by atoms with van der Waals surface area (Å²) in [5.74, 6) is 0.0264. The first-order valence-corrected chi connectivity index (χ1v) is 9.51. The molecular formula is C19H21BrClN3O. The van der Waals surface area contributed by atoms with E-state index in [1.54, 1.807) is 0 Å². The fourth-order valence-electron chi connectivity index (χ4n) is 2.99. The van der Waals surface area contributed by atoms with Crippen LogP contribution in [-0.2, 0) is 4.79 Å². The zero-order chi connectivity index (χ0) is 17.8. The van der Waals surface area contributed by atoms with Gasteiger partial charge in [0.25, 0.3) is 0 Å². The number of carbonyl (C=O) groups excluding carboxylic acids is 1. The van der Waals surface area contributed by atoms with Crippen LogP contribution >= 0.6 is 27.5 Å². The highest BCUT2D eigenvalue weighted by Gasteiger charge is 2.25. The summed E-state index contributed by atoms with van der Waals surface area (Å²) in [6.45, 7) is 5.43. The molecule has 1 heterocycles. The molecule has 1 saturated heterocycles. The Balaban J connectivity index is 1.54. The molecule has 3 rings (SSSR count). The van der Waals surface area contributed by atoms with Crippen LogP contribution in [-0.4, -0.2) is 43.0 Å². The molecule has 0 aliphatic carbocycles. The van der Waals surface area contributed by atoms with E-state index in [1.807, 2.05) is 49.4 Å². The molecule has 2 aromatic rings. The second-order valence-corrected chi connectivity index (χ2v) is 7.53. The van der Waals surface area contributed by atoms with E-state index in [4.69, 9.17) is 11.6 Å². The van der Waals surface area contributed by atoms with Crippen molar-refractivity contribution in [1.29, 1.82) is 0 Å². The largest absolute Gasteiger partial charge is 0.369 e. The van der Waals surface area contributed by atoms with Gasteiger partial charge in [0, 0.05) is 47.0 Å². The van der Waals surface area contributed by atoms with E-state index in [-0.39, 0.29) is 11.9 Å². The number of amides is 1. The number of benzene rings is 2. The minimum absolute atomic E-state index is 0.0264. The average molecular weight is 423 g/mol. The van der Waals surface area contributed by atoms with Crippen LogP contribution in [0.25, 0.3) is 0 Å². The number of halogens is 2. The number of nitrogens with one attached hydrogen (secondary N) is 1. The van der Waals surface area contributed by atoms with Crippen LogP contribution in [0.2, 0.25) is 5.02 Å². The van der Waals surface area contributed by atoms with E-state index >= 15 is 0 Å². The van der Waals surface area contributed by atoms with Crippen molar-refractivity contribution in [1.82, 2.24) is 4.90 Å². The molecule has 6 heteroatoms. The Bertz CT molecular complexity index is 730. The smallest absolute Gasteiger partial charge is 0.241 e. The maximum Gasteiger partial charge on any atom is 0.241 e. The van der Waals surface area contributed by atoms with E-state index in [0.29, 0.717) is 0 Å². The second kappa shape index (κ2) is 8.21. The molecule has 0 aromatic heterocycles. The van der Waals surface area contributed by atoms with Crippen molar-refractivity contribution in [3.8, 4) is 0 Å². The average Bonchev–Trinajstić information content (AvgIpc) is 2.63. The fraction of sp³-hybridized carbons (Fsp3) is 0.316. The molecule has 0 bridgehead atoms. The zero-order valence-corrected chi connectivity index (χ0v) is 16.4. The summed E-state index contributed by atoms with van der Waals surface area (Å²) in [7, 11) is 0. The van der Waals surface area contributed by atoms with E-state index < -0.39 is 0 Å². The van der Waals surface area contributed by atoms with Crippen LogP contribution < -0.4 is 10.2 Å². The monoisotopic (exact) mass is 421 g/mol. The molecule has 2 aromatic carbocycles. The molecule has 132 valence electrons. The van der Waals surface area contributed by atoms with E-state index in [1.165, 1.54) is 0 Å². The summed E-state index contributed by atoms with van der Waals surface area (Å²) in [6, 6.07) is 15.4. The maximum absolute atomic E-state index is 12.5. The van der Waals surface area contributed by atoms with Gasteiger partial charge in [0.1, 0.15) is 0 Å². The van der Waals surface area contributed by atoms with Gasteiger partial charge in [-0.25, -0.2) is 0 Å². The van der Waals surface area contributed by atoms with Crippen LogP contribution in [0.4, 0.5) is 11.4 Å². The number of carbonyl (C=O) groups is 1. The standard InChI is InChI=1S/C19H21BrClN3O/c1-14(19(25)22-17-7-5-15(20)6-8-17)23-9-11-24(12-10-23)18-4-2-3-16(21)13-18/h2-8,13-14H,9-12H2,1H3,(H,22,25)/t14-/m1/s1. The number of piperazine rings is 1. The number of nitrogens with zero attached hydrogens (tertiary/aromatic N) is 2. The van der Waals surface area contributed by atoms with Gasteiger partial charge in [-0.15, -0.1) is 0 Å². The van der Waals surface area contributed by atoms with Crippen molar-refractivity contribution >= 4 is 44.8 Å². The van der Waals surface area contributed by atoms with Crippen LogP contribution in [0.5, 0.6) is 0 Å². The lowest BCUT2D eigenvalue weighted by atomic mass is 10.2. The predicted octanol–water partition coefficient (Wildman–Crippen LogP) is 4.25. The van der Waals surface area contributed by atoms with E-state index in [9.17, 15) is 4.79 Å². The first-order valence-electron chi connectivity index (χ1n) is 8.34. The number of hydrogen-bond acceptors (Lipinski definition) is 3. The van der Waals surface area contributed by atoms with E-state index in [2.05, 4.69) is 37.1 Å². The van der Waals surface area contributed by atoms with E-state index in [0.717, 1.165) is 47.0 Å².